The minimum Gasteiger partial charge on any atom is -0.394 e. The molecule has 0 bridgehead atoms. The van der Waals surface area contributed by atoms with E-state index in [0.717, 1.165) is 0 Å². The molecule has 0 fully saturated rings. The van der Waals surface area contributed by atoms with Crippen LogP contribution < -0.4 is 11.2 Å². The van der Waals surface area contributed by atoms with E-state index in [1.165, 1.54) is 0 Å². The molecule has 0 aliphatic rings. The van der Waals surface area contributed by atoms with Gasteiger partial charge in [-0.2, -0.15) is 4.39 Å². The molecule has 7 heteroatoms. The van der Waals surface area contributed by atoms with Gasteiger partial charge >= 0.3 is 5.69 Å². The quantitative estimate of drug-likeness (QED) is 0.468. The molecule has 2 N–H and O–H groups in total. The fraction of sp³-hybridized carbons (Fsp3) is 0.429. The number of ether oxygens (including phenoxy) is 1. The number of aliphatic hydroxyl groups is 1. The number of aliphatic hydroxyl groups excluding tert-OH is 1. The Morgan fingerprint density at radius 1 is 1.57 bits per heavy atom. The summed E-state index contributed by atoms with van der Waals surface area (Å²) in [5.41, 5.74) is -1.68. The Bertz CT molecular complexity index is 411. The van der Waals surface area contributed by atoms with Gasteiger partial charge in [0.05, 0.1) is 19.3 Å². The highest BCUT2D eigenvalue weighted by Crippen LogP contribution is 1.89. The van der Waals surface area contributed by atoms with Crippen LogP contribution in [0.25, 0.3) is 0 Å². The molecule has 0 atom stereocenters. The molecule has 6 nitrogen and oxygen atoms in total. The molecule has 0 saturated heterocycles. The molecule has 0 radical (unpaired) electrons. The lowest BCUT2D eigenvalue weighted by Gasteiger charge is -2.05. The van der Waals surface area contributed by atoms with Gasteiger partial charge in [0, 0.05) is 0 Å². The second-order valence-corrected chi connectivity index (χ2v) is 2.45. The third-order valence-electron chi connectivity index (χ3n) is 1.44. The van der Waals surface area contributed by atoms with Crippen LogP contribution in [0.3, 0.4) is 0 Å². The number of rotatable bonds is 4. The van der Waals surface area contributed by atoms with Gasteiger partial charge in [0.2, 0.25) is 5.95 Å². The van der Waals surface area contributed by atoms with Gasteiger partial charge in [-0.05, 0) is 0 Å². The van der Waals surface area contributed by atoms with E-state index in [2.05, 4.69) is 0 Å². The van der Waals surface area contributed by atoms with Crippen molar-refractivity contribution in [1.82, 2.24) is 9.55 Å². The molecule has 1 heterocycles. The van der Waals surface area contributed by atoms with Gasteiger partial charge in [-0.25, -0.2) is 9.36 Å². The van der Waals surface area contributed by atoms with E-state index in [1.807, 2.05) is 4.98 Å². The number of hydrogen-bond donors (Lipinski definition) is 2. The fourth-order valence-electron chi connectivity index (χ4n) is 0.833. The second-order valence-electron chi connectivity index (χ2n) is 2.45. The summed E-state index contributed by atoms with van der Waals surface area (Å²) in [6, 6.07) is 0.643. The number of aromatic nitrogens is 2. The Morgan fingerprint density at radius 3 is 2.86 bits per heavy atom. The monoisotopic (exact) mass is 204 g/mol. The molecule has 14 heavy (non-hydrogen) atoms. The van der Waals surface area contributed by atoms with E-state index in [9.17, 15) is 14.0 Å². The first-order valence-corrected chi connectivity index (χ1v) is 3.83. The first-order valence-electron chi connectivity index (χ1n) is 3.83. The van der Waals surface area contributed by atoms with E-state index in [1.54, 1.807) is 0 Å². The maximum absolute atomic E-state index is 12.9. The summed E-state index contributed by atoms with van der Waals surface area (Å²) in [6.07, 6.45) is 0. The predicted molar refractivity (Wildman–Crippen MR) is 44.3 cm³/mol. The van der Waals surface area contributed by atoms with Gasteiger partial charge in [-0.3, -0.25) is 9.78 Å². The zero-order valence-electron chi connectivity index (χ0n) is 7.20. The minimum atomic E-state index is -0.975. The number of halogens is 1. The van der Waals surface area contributed by atoms with Crippen LogP contribution in [-0.2, 0) is 11.5 Å². The Morgan fingerprint density at radius 2 is 2.29 bits per heavy atom. The molecule has 0 aliphatic heterocycles. The highest BCUT2D eigenvalue weighted by molar-refractivity contribution is 4.85. The molecule has 1 rings (SSSR count). The Hall–Kier alpha value is -1.47. The third kappa shape index (κ3) is 2.51. The second kappa shape index (κ2) is 4.68. The van der Waals surface area contributed by atoms with Crippen molar-refractivity contribution in [2.24, 2.45) is 0 Å². The first-order chi connectivity index (χ1) is 6.65. The zero-order valence-corrected chi connectivity index (χ0v) is 7.20. The van der Waals surface area contributed by atoms with Gasteiger partial charge in [0.15, 0.2) is 0 Å². The normalized spacial score (nSPS) is 10.4. The lowest BCUT2D eigenvalue weighted by atomic mass is 10.6. The summed E-state index contributed by atoms with van der Waals surface area (Å²) in [7, 11) is 0. The molecule has 1 aromatic heterocycles. The van der Waals surface area contributed by atoms with E-state index >= 15 is 0 Å². The molecule has 1 aromatic rings. The largest absolute Gasteiger partial charge is 0.394 e. The van der Waals surface area contributed by atoms with Crippen LogP contribution in [0.2, 0.25) is 0 Å². The van der Waals surface area contributed by atoms with Crippen LogP contribution in [-0.4, -0.2) is 27.9 Å². The number of nitrogens with zero attached hydrogens (tertiary/aromatic N) is 1. The molecule has 0 aromatic carbocycles. The highest BCUT2D eigenvalue weighted by atomic mass is 19.1. The van der Waals surface area contributed by atoms with E-state index in [0.29, 0.717) is 10.6 Å². The van der Waals surface area contributed by atoms with E-state index in [-0.39, 0.29) is 19.9 Å². The van der Waals surface area contributed by atoms with Crippen LogP contribution in [0, 0.1) is 5.95 Å². The smallest absolute Gasteiger partial charge is 0.332 e. The predicted octanol–water partition coefficient (Wildman–Crippen LogP) is -1.36. The average Bonchev–Trinajstić information content (AvgIpc) is 2.09. The molecule has 0 saturated carbocycles. The summed E-state index contributed by atoms with van der Waals surface area (Å²) in [5.74, 6) is -0.975. The minimum absolute atomic E-state index is 0.00892. The van der Waals surface area contributed by atoms with Crippen molar-refractivity contribution in [2.75, 3.05) is 13.2 Å². The average molecular weight is 204 g/mol. The topological polar surface area (TPSA) is 84.3 Å². The maximum atomic E-state index is 12.9. The Kier molecular flexibility index (Phi) is 3.55. The van der Waals surface area contributed by atoms with Crippen molar-refractivity contribution in [2.45, 2.75) is 6.73 Å². The summed E-state index contributed by atoms with van der Waals surface area (Å²) in [5, 5.41) is 8.36. The van der Waals surface area contributed by atoms with Crippen LogP contribution in [0.1, 0.15) is 0 Å². The van der Waals surface area contributed by atoms with Crippen molar-refractivity contribution in [1.29, 1.82) is 0 Å². The van der Waals surface area contributed by atoms with Gasteiger partial charge in [-0.15, -0.1) is 0 Å². The molecular formula is C7H9FN2O4. The number of H-pyrrole nitrogens is 1. The number of aromatic amines is 1. The summed E-state index contributed by atoms with van der Waals surface area (Å²) < 4.78 is 18.3. The maximum Gasteiger partial charge on any atom is 0.332 e. The van der Waals surface area contributed by atoms with Gasteiger partial charge in [0.1, 0.15) is 6.73 Å². The molecule has 0 spiro atoms. The third-order valence-corrected chi connectivity index (χ3v) is 1.44. The molecule has 0 aliphatic carbocycles. The van der Waals surface area contributed by atoms with E-state index in [4.69, 9.17) is 9.84 Å². The molecule has 0 amide bonds. The fourth-order valence-corrected chi connectivity index (χ4v) is 0.833. The first kappa shape index (κ1) is 10.6. The van der Waals surface area contributed by atoms with Gasteiger partial charge < -0.3 is 9.84 Å². The van der Waals surface area contributed by atoms with Crippen molar-refractivity contribution >= 4 is 0 Å². The summed E-state index contributed by atoms with van der Waals surface area (Å²) >= 11 is 0. The van der Waals surface area contributed by atoms with Crippen molar-refractivity contribution in [3.63, 3.8) is 0 Å². The number of nitrogens with one attached hydrogen (secondary N) is 1. The Balaban J connectivity index is 2.86. The Labute approximate surface area is 77.6 Å². The van der Waals surface area contributed by atoms with Gasteiger partial charge in [-0.1, -0.05) is 0 Å². The lowest BCUT2D eigenvalue weighted by Crippen LogP contribution is -2.32. The SMILES string of the molecule is O=c1cc(F)n(COCCO)c(=O)[nH]1. The standard InChI is InChI=1S/C7H9FN2O4/c8-5-3-6(12)9-7(13)10(5)4-14-2-1-11/h3,11H,1-2,4H2,(H,9,12,13). The van der Waals surface area contributed by atoms with Crippen molar-refractivity contribution in [3.05, 3.63) is 32.9 Å². The van der Waals surface area contributed by atoms with Crippen LogP contribution in [0.5, 0.6) is 0 Å². The van der Waals surface area contributed by atoms with Crippen LogP contribution >= 0.6 is 0 Å². The number of hydrogen-bond acceptors (Lipinski definition) is 4. The zero-order chi connectivity index (χ0) is 10.6. The van der Waals surface area contributed by atoms with Crippen molar-refractivity contribution in [3.8, 4) is 0 Å². The highest BCUT2D eigenvalue weighted by Gasteiger charge is 2.04. The van der Waals surface area contributed by atoms with E-state index < -0.39 is 17.2 Å². The summed E-state index contributed by atoms with van der Waals surface area (Å²) in [4.78, 5) is 23.5. The van der Waals surface area contributed by atoms with Crippen LogP contribution in [0.15, 0.2) is 15.7 Å². The molecular weight excluding hydrogens is 195 g/mol. The van der Waals surface area contributed by atoms with Crippen molar-refractivity contribution < 1.29 is 14.2 Å². The molecule has 0 unspecified atom stereocenters. The summed E-state index contributed by atoms with van der Waals surface area (Å²) in [6.45, 7) is -0.577. The molecule has 78 valence electrons. The lowest BCUT2D eigenvalue weighted by molar-refractivity contribution is 0.0395. The van der Waals surface area contributed by atoms with Crippen LogP contribution in [0.4, 0.5) is 4.39 Å². The van der Waals surface area contributed by atoms with Gasteiger partial charge in [0.25, 0.3) is 5.56 Å².